The van der Waals surface area contributed by atoms with Crippen molar-refractivity contribution in [2.45, 2.75) is 74.4 Å². The standard InChI is InChI=1S/C12H30O14P4.4Na/c13-11(27(15,16)17,28(18,19)20)9-7-5-3-1-2-4-6-8-10-12(14,29(21,22)23)30(24,25)26;;;;/h13-14H,1-10H2,(H2,15,16,17)(H2,18,19,20)(H2,21,22,23)(H2,24,25,26);;;;/q;4*+1/p-4. The Kier molecular flexibility index (Phi) is 27.8. The second-order valence-corrected chi connectivity index (χ2v) is 14.8. The average molecular weight is 610 g/mol. The molecule has 182 valence electrons. The molecule has 0 fully saturated rings. The van der Waals surface area contributed by atoms with E-state index in [1.165, 1.54) is 0 Å². The van der Waals surface area contributed by atoms with Gasteiger partial charge in [-0.3, -0.25) is 0 Å². The Hall–Kier alpha value is 4.52. The maximum Gasteiger partial charge on any atom is 1.00 e. The van der Waals surface area contributed by atoms with Crippen molar-refractivity contribution in [3.63, 3.8) is 0 Å². The summed E-state index contributed by atoms with van der Waals surface area (Å²) < 4.78 is 44.2. The summed E-state index contributed by atoms with van der Waals surface area (Å²) in [5.41, 5.74) is 0. The van der Waals surface area contributed by atoms with Gasteiger partial charge in [-0.1, -0.05) is 38.5 Å². The van der Waals surface area contributed by atoms with Crippen LogP contribution in [0, 0.1) is 0 Å². The van der Waals surface area contributed by atoms with E-state index in [-0.39, 0.29) is 144 Å². The van der Waals surface area contributed by atoms with Crippen molar-refractivity contribution in [3.8, 4) is 0 Å². The van der Waals surface area contributed by atoms with Gasteiger partial charge in [0.2, 0.25) is 0 Å². The van der Waals surface area contributed by atoms with Crippen molar-refractivity contribution in [2.75, 3.05) is 0 Å². The van der Waals surface area contributed by atoms with Crippen LogP contribution in [-0.4, -0.2) is 40.0 Å². The van der Waals surface area contributed by atoms with Gasteiger partial charge in [-0.25, -0.2) is 0 Å². The second kappa shape index (κ2) is 19.6. The molecule has 0 saturated carbocycles. The molecule has 34 heavy (non-hydrogen) atoms. The van der Waals surface area contributed by atoms with Gasteiger partial charge in [0.15, 0.2) is 40.5 Å². The van der Waals surface area contributed by atoms with Crippen LogP contribution in [0.4, 0.5) is 0 Å². The Balaban J connectivity index is -0.000000701. The monoisotopic (exact) mass is 610 g/mol. The molecule has 0 aliphatic carbocycles. The molecule has 4 atom stereocenters. The summed E-state index contributed by atoms with van der Waals surface area (Å²) in [6, 6.07) is 0. The summed E-state index contributed by atoms with van der Waals surface area (Å²) in [5, 5.41) is 11.8. The zero-order valence-electron chi connectivity index (χ0n) is 19.8. The summed E-state index contributed by atoms with van der Waals surface area (Å²) in [5.74, 6) is 0. The normalized spacial score (nSPS) is 21.6. The molecule has 14 nitrogen and oxygen atoms in total. The minimum absolute atomic E-state index is 0. The van der Waals surface area contributed by atoms with Gasteiger partial charge in [-0.2, -0.15) is 0 Å². The fourth-order valence-corrected chi connectivity index (χ4v) is 6.99. The van der Waals surface area contributed by atoms with E-state index in [1.54, 1.807) is 0 Å². The molecule has 0 heterocycles. The van der Waals surface area contributed by atoms with Gasteiger partial charge in [0.25, 0.3) is 0 Å². The molecule has 0 aliphatic rings. The molecule has 0 aromatic rings. The number of unbranched alkanes of at least 4 members (excludes halogenated alkanes) is 7. The van der Waals surface area contributed by atoms with E-state index in [4.69, 9.17) is 19.6 Å². The average Bonchev–Trinajstić information content (AvgIpc) is 2.51. The van der Waals surface area contributed by atoms with Crippen LogP contribution in [-0.2, 0) is 18.3 Å². The summed E-state index contributed by atoms with van der Waals surface area (Å²) >= 11 is 0. The predicted molar refractivity (Wildman–Crippen MR) is 95.4 cm³/mol. The smallest absolute Gasteiger partial charge is 0.776 e. The maximum atomic E-state index is 11.0. The number of rotatable bonds is 15. The maximum absolute atomic E-state index is 11.0. The first-order chi connectivity index (χ1) is 13.2. The molecular formula is C12H26Na4O14P4. The van der Waals surface area contributed by atoms with Gasteiger partial charge in [0.05, 0.1) is 0 Å². The molecular weight excluding hydrogens is 584 g/mol. The van der Waals surface area contributed by atoms with Crippen molar-refractivity contribution in [2.24, 2.45) is 0 Å². The van der Waals surface area contributed by atoms with Crippen LogP contribution < -0.4 is 138 Å². The number of aliphatic hydroxyl groups is 2. The minimum Gasteiger partial charge on any atom is -0.776 e. The molecule has 6 N–H and O–H groups in total. The third kappa shape index (κ3) is 14.9. The molecule has 0 aliphatic heterocycles. The van der Waals surface area contributed by atoms with Gasteiger partial charge < -0.3 is 67.6 Å². The molecule has 0 rings (SSSR count). The topological polar surface area (TPSA) is 282 Å². The quantitative estimate of drug-likeness (QED) is 0.0571. The molecule has 0 saturated heterocycles. The van der Waals surface area contributed by atoms with Crippen LogP contribution >= 0.6 is 30.4 Å². The third-order valence-corrected chi connectivity index (χ3v) is 12.1. The first kappa shape index (κ1) is 48.3. The summed E-state index contributed by atoms with van der Waals surface area (Å²) in [4.78, 5) is 79.5. The van der Waals surface area contributed by atoms with Gasteiger partial charge >= 0.3 is 118 Å². The minimum atomic E-state index is -5.78. The van der Waals surface area contributed by atoms with Crippen LogP contribution in [0.25, 0.3) is 0 Å². The van der Waals surface area contributed by atoms with Crippen molar-refractivity contribution in [1.29, 1.82) is 0 Å². The number of hydrogen-bond donors (Lipinski definition) is 6. The van der Waals surface area contributed by atoms with Gasteiger partial charge in [-0.05, 0) is 25.7 Å². The molecule has 22 heteroatoms. The van der Waals surface area contributed by atoms with Gasteiger partial charge in [0.1, 0.15) is 0 Å². The third-order valence-electron chi connectivity index (χ3n) is 4.58. The van der Waals surface area contributed by atoms with E-state index in [1.807, 2.05) is 0 Å². The molecule has 0 aromatic carbocycles. The van der Waals surface area contributed by atoms with Crippen LogP contribution in [0.1, 0.15) is 64.2 Å². The molecule has 0 aromatic heterocycles. The first-order valence-electron chi connectivity index (χ1n) is 8.81. The zero-order valence-corrected chi connectivity index (χ0v) is 31.4. The molecule has 4 unspecified atom stereocenters. The molecule has 0 amide bonds. The SMILES string of the molecule is O=P([O-])(O)C(O)(CCCCCCCCCCC(O)(P(=O)([O-])O)P(=O)([O-])O)P(=O)([O-])O.[Na+].[Na+].[Na+].[Na+]. The van der Waals surface area contributed by atoms with Gasteiger partial charge in [0, 0.05) is 0 Å². The summed E-state index contributed by atoms with van der Waals surface area (Å²) in [7, 11) is -23.1. The Morgan fingerprint density at radius 2 is 0.588 bits per heavy atom. The van der Waals surface area contributed by atoms with Crippen molar-refractivity contribution in [3.05, 3.63) is 0 Å². The second-order valence-electron chi connectivity index (χ2n) is 6.96. The zero-order chi connectivity index (χ0) is 24.1. The van der Waals surface area contributed by atoms with E-state index in [0.717, 1.165) is 0 Å². The van der Waals surface area contributed by atoms with Crippen molar-refractivity contribution in [1.82, 2.24) is 0 Å². The van der Waals surface area contributed by atoms with Crippen LogP contribution in [0.2, 0.25) is 0 Å². The molecule has 0 radical (unpaired) electrons. The molecule has 0 bridgehead atoms. The Morgan fingerprint density at radius 3 is 0.735 bits per heavy atom. The van der Waals surface area contributed by atoms with Gasteiger partial charge in [-0.15, -0.1) is 0 Å². The predicted octanol–water partition coefficient (Wildman–Crippen LogP) is -13.6. The fraction of sp³-hybridized carbons (Fsp3) is 1.00. The largest absolute Gasteiger partial charge is 1.00 e. The van der Waals surface area contributed by atoms with E-state index < -0.39 is 53.4 Å². The summed E-state index contributed by atoms with van der Waals surface area (Å²) in [6.45, 7) is 0. The van der Waals surface area contributed by atoms with Crippen molar-refractivity contribution < 1.29 is 186 Å². The van der Waals surface area contributed by atoms with Crippen LogP contribution in [0.3, 0.4) is 0 Å². The van der Waals surface area contributed by atoms with E-state index >= 15 is 0 Å². The Morgan fingerprint density at radius 1 is 0.441 bits per heavy atom. The number of hydrogen-bond acceptors (Lipinski definition) is 10. The van der Waals surface area contributed by atoms with Crippen LogP contribution in [0.15, 0.2) is 0 Å². The summed E-state index contributed by atoms with van der Waals surface area (Å²) in [6.07, 6.45) is 0.313. The van der Waals surface area contributed by atoms with E-state index in [2.05, 4.69) is 0 Å². The Labute approximate surface area is 286 Å². The fourth-order valence-electron chi connectivity index (χ4n) is 2.67. The van der Waals surface area contributed by atoms with E-state index in [0.29, 0.717) is 25.7 Å². The Bertz CT molecular complexity index is 641. The molecule has 0 spiro atoms. The van der Waals surface area contributed by atoms with Crippen molar-refractivity contribution >= 4 is 30.4 Å². The van der Waals surface area contributed by atoms with E-state index in [9.17, 15) is 48.0 Å². The van der Waals surface area contributed by atoms with Crippen LogP contribution in [0.5, 0.6) is 0 Å². The first-order valence-corrected chi connectivity index (χ1v) is 15.1.